The molecule has 1 rings (SSSR count). The summed E-state index contributed by atoms with van der Waals surface area (Å²) < 4.78 is 37.2. The van der Waals surface area contributed by atoms with Gasteiger partial charge in [-0.25, -0.2) is 0 Å². The van der Waals surface area contributed by atoms with E-state index in [0.29, 0.717) is 10.0 Å². The van der Waals surface area contributed by atoms with Gasteiger partial charge in [-0.05, 0) is 23.8 Å². The lowest BCUT2D eigenvalue weighted by Crippen LogP contribution is -2.05. The topological polar surface area (TPSA) is 23.8 Å². The second-order valence-electron chi connectivity index (χ2n) is 2.64. The second kappa shape index (κ2) is 4.01. The highest BCUT2D eigenvalue weighted by Gasteiger charge is 2.30. The van der Waals surface area contributed by atoms with Crippen molar-refractivity contribution >= 4 is 15.9 Å². The van der Waals surface area contributed by atoms with E-state index in [9.17, 15) is 13.2 Å². The number of nitriles is 1. The molecule has 0 aliphatic heterocycles. The average Bonchev–Trinajstić information content (AvgIpc) is 2.07. The van der Waals surface area contributed by atoms with Gasteiger partial charge in [-0.3, -0.25) is 0 Å². The highest BCUT2D eigenvalue weighted by molar-refractivity contribution is 9.10. The molecule has 0 heterocycles. The number of nitrogens with zero attached hydrogens (tertiary/aromatic N) is 1. The maximum Gasteiger partial charge on any atom is 0.416 e. The number of hydrogen-bond donors (Lipinski definition) is 0. The maximum absolute atomic E-state index is 12.2. The van der Waals surface area contributed by atoms with E-state index in [2.05, 4.69) is 15.9 Å². The summed E-state index contributed by atoms with van der Waals surface area (Å²) in [5, 5.41) is 8.39. The molecule has 0 radical (unpaired) electrons. The molecule has 0 aliphatic carbocycles. The Kier molecular flexibility index (Phi) is 3.17. The quantitative estimate of drug-likeness (QED) is 0.761. The molecule has 1 aromatic rings. The van der Waals surface area contributed by atoms with Gasteiger partial charge in [0.2, 0.25) is 0 Å². The fraction of sp³-hybridized carbons (Fsp3) is 0.222. The predicted octanol–water partition coefficient (Wildman–Crippen LogP) is 3.53. The van der Waals surface area contributed by atoms with Gasteiger partial charge in [-0.15, -0.1) is 0 Å². The van der Waals surface area contributed by atoms with E-state index in [4.69, 9.17) is 5.26 Å². The van der Waals surface area contributed by atoms with Crippen LogP contribution in [0, 0.1) is 11.3 Å². The molecule has 0 spiro atoms. The Hall–Kier alpha value is -1.02. The summed E-state index contributed by atoms with van der Waals surface area (Å²) in [6, 6.07) is 5.06. The number of benzene rings is 1. The zero-order valence-corrected chi connectivity index (χ0v) is 8.48. The molecule has 0 aliphatic rings. The third-order valence-electron chi connectivity index (χ3n) is 1.64. The van der Waals surface area contributed by atoms with E-state index in [-0.39, 0.29) is 6.42 Å². The number of halogens is 4. The Morgan fingerprint density at radius 3 is 2.50 bits per heavy atom. The van der Waals surface area contributed by atoms with E-state index in [1.807, 2.05) is 0 Å². The predicted molar refractivity (Wildman–Crippen MR) is 48.5 cm³/mol. The first-order valence-electron chi connectivity index (χ1n) is 3.67. The lowest BCUT2D eigenvalue weighted by molar-refractivity contribution is -0.137. The highest BCUT2D eigenvalue weighted by Crippen LogP contribution is 2.31. The molecular formula is C9H5BrF3N. The SMILES string of the molecule is N#CCc1cc(C(F)(F)F)ccc1Br. The van der Waals surface area contributed by atoms with Crippen molar-refractivity contribution in [1.82, 2.24) is 0 Å². The molecule has 0 unspecified atom stereocenters. The van der Waals surface area contributed by atoms with Gasteiger partial charge in [0.25, 0.3) is 0 Å². The van der Waals surface area contributed by atoms with Crippen LogP contribution in [0.2, 0.25) is 0 Å². The largest absolute Gasteiger partial charge is 0.416 e. The van der Waals surface area contributed by atoms with Gasteiger partial charge in [0.05, 0.1) is 18.1 Å². The molecule has 1 nitrogen and oxygen atoms in total. The fourth-order valence-corrected chi connectivity index (χ4v) is 1.36. The Labute approximate surface area is 87.3 Å². The number of rotatable bonds is 1. The molecule has 0 amide bonds. The third-order valence-corrected chi connectivity index (χ3v) is 2.42. The van der Waals surface area contributed by atoms with E-state index >= 15 is 0 Å². The minimum Gasteiger partial charge on any atom is -0.198 e. The van der Waals surface area contributed by atoms with Crippen LogP contribution >= 0.6 is 15.9 Å². The van der Waals surface area contributed by atoms with Gasteiger partial charge >= 0.3 is 6.18 Å². The van der Waals surface area contributed by atoms with Crippen molar-refractivity contribution in [3.63, 3.8) is 0 Å². The van der Waals surface area contributed by atoms with Crippen molar-refractivity contribution in [1.29, 1.82) is 5.26 Å². The van der Waals surface area contributed by atoms with Gasteiger partial charge in [0, 0.05) is 4.47 Å². The Morgan fingerprint density at radius 2 is 2.00 bits per heavy atom. The molecule has 0 fully saturated rings. The smallest absolute Gasteiger partial charge is 0.198 e. The molecule has 0 aromatic heterocycles. The summed E-state index contributed by atoms with van der Waals surface area (Å²) in [7, 11) is 0. The zero-order valence-electron chi connectivity index (χ0n) is 6.90. The van der Waals surface area contributed by atoms with Crippen molar-refractivity contribution in [2.24, 2.45) is 0 Å². The van der Waals surface area contributed by atoms with Crippen molar-refractivity contribution in [2.75, 3.05) is 0 Å². The highest BCUT2D eigenvalue weighted by atomic mass is 79.9. The molecule has 1 aromatic carbocycles. The van der Waals surface area contributed by atoms with Gasteiger partial charge in [-0.1, -0.05) is 15.9 Å². The first-order valence-corrected chi connectivity index (χ1v) is 4.47. The minimum atomic E-state index is -4.36. The Morgan fingerprint density at radius 1 is 1.36 bits per heavy atom. The van der Waals surface area contributed by atoms with Gasteiger partial charge in [0.15, 0.2) is 0 Å². The van der Waals surface area contributed by atoms with Crippen LogP contribution in [0.5, 0.6) is 0 Å². The van der Waals surface area contributed by atoms with E-state index in [1.54, 1.807) is 6.07 Å². The lowest BCUT2D eigenvalue weighted by Gasteiger charge is -2.08. The van der Waals surface area contributed by atoms with Crippen LogP contribution in [0.4, 0.5) is 13.2 Å². The molecule has 0 atom stereocenters. The monoisotopic (exact) mass is 263 g/mol. The molecule has 0 N–H and O–H groups in total. The molecular weight excluding hydrogens is 259 g/mol. The second-order valence-corrected chi connectivity index (χ2v) is 3.49. The standard InChI is InChI=1S/C9H5BrF3N/c10-8-2-1-7(9(11,12)13)5-6(8)3-4-14/h1-2,5H,3H2. The van der Waals surface area contributed by atoms with Gasteiger partial charge < -0.3 is 0 Å². The van der Waals surface area contributed by atoms with Crippen molar-refractivity contribution in [3.8, 4) is 6.07 Å². The summed E-state index contributed by atoms with van der Waals surface area (Å²) in [4.78, 5) is 0. The summed E-state index contributed by atoms with van der Waals surface area (Å²) in [5.41, 5.74) is -0.381. The molecule has 74 valence electrons. The first kappa shape index (κ1) is 11.1. The van der Waals surface area contributed by atoms with Crippen LogP contribution in [-0.4, -0.2) is 0 Å². The number of hydrogen-bond acceptors (Lipinski definition) is 1. The van der Waals surface area contributed by atoms with E-state index < -0.39 is 11.7 Å². The van der Waals surface area contributed by atoms with E-state index in [0.717, 1.165) is 12.1 Å². The van der Waals surface area contributed by atoms with Crippen LogP contribution in [0.1, 0.15) is 11.1 Å². The van der Waals surface area contributed by atoms with Crippen molar-refractivity contribution < 1.29 is 13.2 Å². The summed E-state index contributed by atoms with van der Waals surface area (Å²) in [6.07, 6.45) is -4.39. The van der Waals surface area contributed by atoms with Gasteiger partial charge in [0.1, 0.15) is 0 Å². The van der Waals surface area contributed by atoms with Gasteiger partial charge in [-0.2, -0.15) is 18.4 Å². The summed E-state index contributed by atoms with van der Waals surface area (Å²) in [6.45, 7) is 0. The fourth-order valence-electron chi connectivity index (χ4n) is 0.972. The molecule has 0 bridgehead atoms. The Bertz CT molecular complexity index is 379. The third kappa shape index (κ3) is 2.48. The summed E-state index contributed by atoms with van der Waals surface area (Å²) >= 11 is 3.08. The van der Waals surface area contributed by atoms with Crippen molar-refractivity contribution in [2.45, 2.75) is 12.6 Å². The van der Waals surface area contributed by atoms with Crippen LogP contribution in [0.15, 0.2) is 22.7 Å². The van der Waals surface area contributed by atoms with Crippen LogP contribution in [-0.2, 0) is 12.6 Å². The van der Waals surface area contributed by atoms with Crippen LogP contribution in [0.25, 0.3) is 0 Å². The van der Waals surface area contributed by atoms with Crippen LogP contribution < -0.4 is 0 Å². The normalized spacial score (nSPS) is 11.1. The molecule has 0 saturated carbocycles. The van der Waals surface area contributed by atoms with Crippen LogP contribution in [0.3, 0.4) is 0 Å². The van der Waals surface area contributed by atoms with E-state index in [1.165, 1.54) is 6.07 Å². The lowest BCUT2D eigenvalue weighted by atomic mass is 10.1. The average molecular weight is 264 g/mol. The molecule has 5 heteroatoms. The maximum atomic E-state index is 12.2. The first-order chi connectivity index (χ1) is 6.45. The zero-order chi connectivity index (χ0) is 10.8. The number of alkyl halides is 3. The van der Waals surface area contributed by atoms with Crippen molar-refractivity contribution in [3.05, 3.63) is 33.8 Å². The minimum absolute atomic E-state index is 0.0372. The summed E-state index contributed by atoms with van der Waals surface area (Å²) in [5.74, 6) is 0. The Balaban J connectivity index is 3.14. The molecule has 0 saturated heterocycles. The molecule has 14 heavy (non-hydrogen) atoms.